The highest BCUT2D eigenvalue weighted by Gasteiger charge is 2.47. The minimum Gasteiger partial charge on any atom is -0.507 e. The van der Waals surface area contributed by atoms with Crippen LogP contribution in [0, 0.1) is 6.92 Å². The Morgan fingerprint density at radius 3 is 2.34 bits per heavy atom. The third-order valence-corrected chi connectivity index (χ3v) is 5.39. The Hall–Kier alpha value is -4.06. The molecular weight excluding hydrogens is 406 g/mol. The summed E-state index contributed by atoms with van der Waals surface area (Å²) in [7, 11) is 0. The standard InChI is InChI=1S/C26H23NO5/c1-3-32-19-12-10-18(11-13-19)24(29)22-23(17-7-5-4-6-8-17)27(26(31)25(22)30)20-15-16(2)9-14-21(20)28/h4-15,23,28-29H,3H2,1-2H3/b24-22+. The first kappa shape index (κ1) is 21.2. The second-order valence-corrected chi connectivity index (χ2v) is 7.53. The van der Waals surface area contributed by atoms with Gasteiger partial charge in [-0.1, -0.05) is 36.4 Å². The summed E-state index contributed by atoms with van der Waals surface area (Å²) in [4.78, 5) is 27.5. The number of aliphatic hydroxyl groups is 1. The molecule has 1 heterocycles. The fourth-order valence-electron chi connectivity index (χ4n) is 3.89. The zero-order valence-corrected chi connectivity index (χ0v) is 17.8. The van der Waals surface area contributed by atoms with E-state index >= 15 is 0 Å². The van der Waals surface area contributed by atoms with Crippen LogP contribution < -0.4 is 9.64 Å². The van der Waals surface area contributed by atoms with E-state index < -0.39 is 17.7 Å². The zero-order chi connectivity index (χ0) is 22.8. The molecule has 3 aromatic rings. The summed E-state index contributed by atoms with van der Waals surface area (Å²) in [5, 5.41) is 21.6. The number of Topliss-reactive ketones (excluding diaryl/α,β-unsaturated/α-hetero) is 1. The molecule has 1 atom stereocenters. The van der Waals surface area contributed by atoms with Crippen LogP contribution in [-0.2, 0) is 9.59 Å². The number of amides is 1. The van der Waals surface area contributed by atoms with Crippen LogP contribution in [0.25, 0.3) is 5.76 Å². The lowest BCUT2D eigenvalue weighted by molar-refractivity contribution is -0.132. The molecule has 32 heavy (non-hydrogen) atoms. The quantitative estimate of drug-likeness (QED) is 0.348. The van der Waals surface area contributed by atoms with Crippen LogP contribution in [-0.4, -0.2) is 28.5 Å². The number of ketones is 1. The minimum absolute atomic E-state index is 0.0359. The van der Waals surface area contributed by atoms with Gasteiger partial charge in [0.1, 0.15) is 17.3 Å². The van der Waals surface area contributed by atoms with Crippen molar-refractivity contribution >= 4 is 23.1 Å². The molecule has 6 heteroatoms. The number of carbonyl (C=O) groups excluding carboxylic acids is 2. The van der Waals surface area contributed by atoms with Gasteiger partial charge in [-0.05, 0) is 61.4 Å². The Bertz CT molecular complexity index is 1200. The van der Waals surface area contributed by atoms with Gasteiger partial charge in [0.05, 0.1) is 23.9 Å². The maximum atomic E-state index is 13.1. The van der Waals surface area contributed by atoms with Crippen molar-refractivity contribution in [3.8, 4) is 11.5 Å². The molecule has 1 aliphatic rings. The molecule has 0 bridgehead atoms. The maximum Gasteiger partial charge on any atom is 0.300 e. The number of hydrogen-bond donors (Lipinski definition) is 2. The molecule has 0 spiro atoms. The van der Waals surface area contributed by atoms with Crippen molar-refractivity contribution in [3.63, 3.8) is 0 Å². The molecule has 0 aliphatic carbocycles. The third-order valence-electron chi connectivity index (χ3n) is 5.39. The predicted octanol–water partition coefficient (Wildman–Crippen LogP) is 4.73. The molecule has 3 aromatic carbocycles. The van der Waals surface area contributed by atoms with Crippen LogP contribution in [0.5, 0.6) is 11.5 Å². The Morgan fingerprint density at radius 1 is 1.00 bits per heavy atom. The summed E-state index contributed by atoms with van der Waals surface area (Å²) in [6.45, 7) is 4.21. The lowest BCUT2D eigenvalue weighted by atomic mass is 9.95. The van der Waals surface area contributed by atoms with Crippen LogP contribution in [0.2, 0.25) is 0 Å². The van der Waals surface area contributed by atoms with Crippen molar-refractivity contribution in [2.75, 3.05) is 11.5 Å². The second-order valence-electron chi connectivity index (χ2n) is 7.53. The van der Waals surface area contributed by atoms with E-state index in [1.165, 1.54) is 11.0 Å². The zero-order valence-electron chi connectivity index (χ0n) is 17.8. The number of hydrogen-bond acceptors (Lipinski definition) is 5. The maximum absolute atomic E-state index is 13.1. The molecule has 2 N–H and O–H groups in total. The molecule has 1 fully saturated rings. The topological polar surface area (TPSA) is 87.1 Å². The minimum atomic E-state index is -0.893. The first-order valence-corrected chi connectivity index (χ1v) is 10.3. The summed E-state index contributed by atoms with van der Waals surface area (Å²) < 4.78 is 5.44. The van der Waals surface area contributed by atoms with Gasteiger partial charge in [0.15, 0.2) is 0 Å². The van der Waals surface area contributed by atoms with Crippen molar-refractivity contribution < 1.29 is 24.5 Å². The van der Waals surface area contributed by atoms with Gasteiger partial charge in [0.2, 0.25) is 0 Å². The molecule has 0 aromatic heterocycles. The third kappa shape index (κ3) is 3.71. The number of ether oxygens (including phenoxy) is 1. The number of aryl methyl sites for hydroxylation is 1. The predicted molar refractivity (Wildman–Crippen MR) is 122 cm³/mol. The van der Waals surface area contributed by atoms with E-state index in [0.717, 1.165) is 5.56 Å². The number of anilines is 1. The van der Waals surface area contributed by atoms with Crippen molar-refractivity contribution in [2.45, 2.75) is 19.9 Å². The van der Waals surface area contributed by atoms with Crippen molar-refractivity contribution in [1.29, 1.82) is 0 Å². The van der Waals surface area contributed by atoms with Gasteiger partial charge in [0.25, 0.3) is 11.7 Å². The summed E-state index contributed by atoms with van der Waals surface area (Å²) in [5.74, 6) is -1.40. The lowest BCUT2D eigenvalue weighted by Gasteiger charge is -2.26. The van der Waals surface area contributed by atoms with Crippen LogP contribution in [0.3, 0.4) is 0 Å². The average Bonchev–Trinajstić information content (AvgIpc) is 3.07. The Morgan fingerprint density at radius 2 is 1.69 bits per heavy atom. The summed E-state index contributed by atoms with van der Waals surface area (Å²) >= 11 is 0. The monoisotopic (exact) mass is 429 g/mol. The van der Waals surface area contributed by atoms with Crippen LogP contribution in [0.15, 0.2) is 78.4 Å². The van der Waals surface area contributed by atoms with Crippen molar-refractivity contribution in [3.05, 3.63) is 95.1 Å². The molecule has 1 saturated heterocycles. The number of aromatic hydroxyl groups is 1. The Kier molecular flexibility index (Phi) is 5.69. The molecule has 1 amide bonds. The van der Waals surface area contributed by atoms with Gasteiger partial charge in [-0.25, -0.2) is 0 Å². The highest BCUT2D eigenvalue weighted by atomic mass is 16.5. The van der Waals surface area contributed by atoms with Crippen molar-refractivity contribution in [1.82, 2.24) is 0 Å². The Balaban J connectivity index is 1.91. The molecule has 1 unspecified atom stereocenters. The van der Waals surface area contributed by atoms with E-state index in [-0.39, 0.29) is 22.8 Å². The molecule has 4 rings (SSSR count). The van der Waals surface area contributed by atoms with E-state index in [0.29, 0.717) is 23.5 Å². The number of benzene rings is 3. The normalized spacial score (nSPS) is 17.6. The lowest BCUT2D eigenvalue weighted by Crippen LogP contribution is -2.29. The number of aliphatic hydroxyl groups excluding tert-OH is 1. The van der Waals surface area contributed by atoms with E-state index in [9.17, 15) is 19.8 Å². The van der Waals surface area contributed by atoms with Gasteiger partial charge in [-0.15, -0.1) is 0 Å². The van der Waals surface area contributed by atoms with Gasteiger partial charge in [-0.3, -0.25) is 14.5 Å². The van der Waals surface area contributed by atoms with Gasteiger partial charge in [-0.2, -0.15) is 0 Å². The van der Waals surface area contributed by atoms with E-state index in [4.69, 9.17) is 4.74 Å². The van der Waals surface area contributed by atoms with E-state index in [1.807, 2.05) is 19.9 Å². The fraction of sp³-hybridized carbons (Fsp3) is 0.154. The molecule has 6 nitrogen and oxygen atoms in total. The van der Waals surface area contributed by atoms with Gasteiger partial charge < -0.3 is 14.9 Å². The highest BCUT2D eigenvalue weighted by Crippen LogP contribution is 2.44. The van der Waals surface area contributed by atoms with Crippen molar-refractivity contribution in [2.24, 2.45) is 0 Å². The number of phenolic OH excluding ortho intramolecular Hbond substituents is 1. The number of rotatable bonds is 5. The van der Waals surface area contributed by atoms with E-state index in [1.54, 1.807) is 60.7 Å². The van der Waals surface area contributed by atoms with Crippen LogP contribution in [0.4, 0.5) is 5.69 Å². The molecule has 0 saturated carbocycles. The second kappa shape index (κ2) is 8.59. The largest absolute Gasteiger partial charge is 0.507 e. The van der Waals surface area contributed by atoms with E-state index in [2.05, 4.69) is 0 Å². The first-order valence-electron chi connectivity index (χ1n) is 10.3. The molecule has 1 aliphatic heterocycles. The number of phenols is 1. The van der Waals surface area contributed by atoms with Crippen LogP contribution in [0.1, 0.15) is 29.7 Å². The number of nitrogens with zero attached hydrogens (tertiary/aromatic N) is 1. The average molecular weight is 429 g/mol. The molecule has 162 valence electrons. The molecular formula is C26H23NO5. The number of carbonyl (C=O) groups is 2. The SMILES string of the molecule is CCOc1ccc(/C(O)=C2\C(=O)C(=O)N(c3cc(C)ccc3O)C2c2ccccc2)cc1. The first-order chi connectivity index (χ1) is 15.4. The highest BCUT2D eigenvalue weighted by molar-refractivity contribution is 6.51. The summed E-state index contributed by atoms with van der Waals surface area (Å²) in [6.07, 6.45) is 0. The summed E-state index contributed by atoms with van der Waals surface area (Å²) in [5.41, 5.74) is 2.02. The molecule has 0 radical (unpaired) electrons. The smallest absolute Gasteiger partial charge is 0.300 e. The Labute approximate surface area is 186 Å². The van der Waals surface area contributed by atoms with Crippen LogP contribution >= 0.6 is 0 Å². The fourth-order valence-corrected chi connectivity index (χ4v) is 3.89. The summed E-state index contributed by atoms with van der Waals surface area (Å²) in [6, 6.07) is 19.6. The van der Waals surface area contributed by atoms with Gasteiger partial charge >= 0.3 is 0 Å². The van der Waals surface area contributed by atoms with Gasteiger partial charge in [0, 0.05) is 5.56 Å².